The highest BCUT2D eigenvalue weighted by atomic mass is 32.1. The van der Waals surface area contributed by atoms with Crippen LogP contribution in [0.2, 0.25) is 0 Å². The van der Waals surface area contributed by atoms with E-state index >= 15 is 0 Å². The van der Waals surface area contributed by atoms with Crippen LogP contribution in [0.1, 0.15) is 22.4 Å². The number of hydrogen-bond acceptors (Lipinski definition) is 2. The molecule has 0 atom stereocenters. The van der Waals surface area contributed by atoms with E-state index in [2.05, 4.69) is 15.8 Å². The van der Waals surface area contributed by atoms with Crippen LogP contribution < -0.4 is 10.7 Å². The SMILES string of the molecule is Cc1cccc(C)c1NC(=S)N/N=C/c1cccn1Cc1ccccc1F. The minimum Gasteiger partial charge on any atom is -0.342 e. The quantitative estimate of drug-likeness (QED) is 0.386. The van der Waals surface area contributed by atoms with Crippen LogP contribution in [0, 0.1) is 19.7 Å². The summed E-state index contributed by atoms with van der Waals surface area (Å²) in [5.74, 6) is -0.216. The summed E-state index contributed by atoms with van der Waals surface area (Å²) >= 11 is 5.31. The molecule has 6 heteroatoms. The average Bonchev–Trinajstić information content (AvgIpc) is 3.07. The molecule has 0 radical (unpaired) electrons. The summed E-state index contributed by atoms with van der Waals surface area (Å²) in [5, 5.41) is 7.78. The normalized spacial score (nSPS) is 10.9. The molecule has 27 heavy (non-hydrogen) atoms. The van der Waals surface area contributed by atoms with E-state index in [0.717, 1.165) is 22.5 Å². The van der Waals surface area contributed by atoms with Crippen LogP contribution in [-0.2, 0) is 6.54 Å². The number of anilines is 1. The van der Waals surface area contributed by atoms with Gasteiger partial charge in [-0.25, -0.2) is 4.39 Å². The maximum atomic E-state index is 13.9. The highest BCUT2D eigenvalue weighted by Crippen LogP contribution is 2.19. The third-order valence-corrected chi connectivity index (χ3v) is 4.44. The second-order valence-corrected chi connectivity index (χ2v) is 6.65. The molecule has 138 valence electrons. The fourth-order valence-corrected chi connectivity index (χ4v) is 2.96. The van der Waals surface area contributed by atoms with Crippen LogP contribution in [0.4, 0.5) is 10.1 Å². The first-order valence-corrected chi connectivity index (χ1v) is 9.00. The van der Waals surface area contributed by atoms with E-state index in [1.165, 1.54) is 6.07 Å². The summed E-state index contributed by atoms with van der Waals surface area (Å²) in [6, 6.07) is 16.6. The zero-order valence-electron chi connectivity index (χ0n) is 15.2. The molecule has 0 unspecified atom stereocenters. The Morgan fingerprint density at radius 1 is 1.07 bits per heavy atom. The topological polar surface area (TPSA) is 41.4 Å². The number of aryl methyl sites for hydroxylation is 2. The smallest absolute Gasteiger partial charge is 0.191 e. The van der Waals surface area contributed by atoms with Crippen molar-refractivity contribution < 1.29 is 4.39 Å². The Hall–Kier alpha value is -2.99. The Bertz CT molecular complexity index is 958. The zero-order valence-corrected chi connectivity index (χ0v) is 16.1. The van der Waals surface area contributed by atoms with Crippen molar-refractivity contribution in [3.05, 3.63) is 89.0 Å². The van der Waals surface area contributed by atoms with E-state index in [0.29, 0.717) is 17.2 Å². The summed E-state index contributed by atoms with van der Waals surface area (Å²) in [6.45, 7) is 4.49. The number of thiocarbonyl (C=S) groups is 1. The van der Waals surface area contributed by atoms with Gasteiger partial charge in [-0.15, -0.1) is 0 Å². The Balaban J connectivity index is 1.63. The third kappa shape index (κ3) is 4.80. The van der Waals surface area contributed by atoms with Crippen molar-refractivity contribution in [1.82, 2.24) is 9.99 Å². The van der Waals surface area contributed by atoms with Gasteiger partial charge in [0.1, 0.15) is 5.82 Å². The molecule has 2 aromatic carbocycles. The van der Waals surface area contributed by atoms with E-state index < -0.39 is 0 Å². The molecule has 0 aliphatic rings. The van der Waals surface area contributed by atoms with Gasteiger partial charge in [-0.05, 0) is 55.4 Å². The first kappa shape index (κ1) is 18.8. The number of aromatic nitrogens is 1. The van der Waals surface area contributed by atoms with Gasteiger partial charge in [0.25, 0.3) is 0 Å². The maximum Gasteiger partial charge on any atom is 0.191 e. The van der Waals surface area contributed by atoms with Crippen molar-refractivity contribution in [3.8, 4) is 0 Å². The van der Waals surface area contributed by atoms with Crippen molar-refractivity contribution in [2.24, 2.45) is 5.10 Å². The number of hydrogen-bond donors (Lipinski definition) is 2. The largest absolute Gasteiger partial charge is 0.342 e. The second kappa shape index (κ2) is 8.60. The van der Waals surface area contributed by atoms with Crippen LogP contribution in [0.3, 0.4) is 0 Å². The molecule has 1 heterocycles. The average molecular weight is 380 g/mol. The lowest BCUT2D eigenvalue weighted by Gasteiger charge is -2.12. The minimum atomic E-state index is -0.216. The molecule has 0 saturated heterocycles. The van der Waals surface area contributed by atoms with Crippen LogP contribution in [-0.4, -0.2) is 15.9 Å². The van der Waals surface area contributed by atoms with E-state index in [1.54, 1.807) is 18.3 Å². The van der Waals surface area contributed by atoms with Gasteiger partial charge in [0, 0.05) is 17.4 Å². The van der Waals surface area contributed by atoms with Gasteiger partial charge in [0.2, 0.25) is 0 Å². The van der Waals surface area contributed by atoms with Crippen LogP contribution in [0.5, 0.6) is 0 Å². The lowest BCUT2D eigenvalue weighted by Crippen LogP contribution is -2.24. The monoisotopic (exact) mass is 380 g/mol. The number of benzene rings is 2. The standard InChI is InChI=1S/C21H21FN4S/c1-15-7-5-8-16(2)20(15)24-21(27)25-23-13-18-10-6-12-26(18)14-17-9-3-4-11-19(17)22/h3-13H,14H2,1-2H3,(H2,24,25,27)/b23-13+. The molecular formula is C21H21FN4S. The molecule has 0 fully saturated rings. The van der Waals surface area contributed by atoms with Crippen LogP contribution in [0.15, 0.2) is 65.9 Å². The number of nitrogens with one attached hydrogen (secondary N) is 2. The van der Waals surface area contributed by atoms with E-state index in [4.69, 9.17) is 12.2 Å². The molecule has 0 bridgehead atoms. The summed E-state index contributed by atoms with van der Waals surface area (Å²) in [4.78, 5) is 0. The van der Waals surface area contributed by atoms with Crippen LogP contribution in [0.25, 0.3) is 0 Å². The van der Waals surface area contributed by atoms with Gasteiger partial charge < -0.3 is 9.88 Å². The van der Waals surface area contributed by atoms with E-state index in [9.17, 15) is 4.39 Å². The Labute approximate surface area is 163 Å². The summed E-state index contributed by atoms with van der Waals surface area (Å²) in [5.41, 5.74) is 7.51. The predicted molar refractivity (Wildman–Crippen MR) is 113 cm³/mol. The summed E-state index contributed by atoms with van der Waals surface area (Å²) < 4.78 is 15.8. The molecule has 0 saturated carbocycles. The first-order valence-electron chi connectivity index (χ1n) is 8.59. The number of rotatable bonds is 5. The number of halogens is 1. The molecule has 0 aliphatic heterocycles. The van der Waals surface area contributed by atoms with Gasteiger partial charge in [-0.1, -0.05) is 36.4 Å². The van der Waals surface area contributed by atoms with Gasteiger partial charge in [0.15, 0.2) is 5.11 Å². The molecule has 0 amide bonds. The number of para-hydroxylation sites is 1. The molecule has 2 N–H and O–H groups in total. The molecule has 0 aliphatic carbocycles. The van der Waals surface area contributed by atoms with Crippen molar-refractivity contribution in [3.63, 3.8) is 0 Å². The molecule has 4 nitrogen and oxygen atoms in total. The highest BCUT2D eigenvalue weighted by molar-refractivity contribution is 7.80. The first-order chi connectivity index (χ1) is 13.0. The van der Waals surface area contributed by atoms with E-state index in [1.807, 2.05) is 61.0 Å². The molecule has 0 spiro atoms. The summed E-state index contributed by atoms with van der Waals surface area (Å²) in [7, 11) is 0. The van der Waals surface area contributed by atoms with E-state index in [-0.39, 0.29) is 5.82 Å². The summed E-state index contributed by atoms with van der Waals surface area (Å²) in [6.07, 6.45) is 3.56. The minimum absolute atomic E-state index is 0.216. The lowest BCUT2D eigenvalue weighted by atomic mass is 10.1. The third-order valence-electron chi connectivity index (χ3n) is 4.25. The van der Waals surface area contributed by atoms with Crippen molar-refractivity contribution in [2.45, 2.75) is 20.4 Å². The van der Waals surface area contributed by atoms with Gasteiger partial charge >= 0.3 is 0 Å². The lowest BCUT2D eigenvalue weighted by molar-refractivity contribution is 0.599. The molecular weight excluding hydrogens is 359 g/mol. The molecule has 3 rings (SSSR count). The number of hydrazone groups is 1. The molecule has 3 aromatic rings. The van der Waals surface area contributed by atoms with Crippen molar-refractivity contribution in [2.75, 3.05) is 5.32 Å². The second-order valence-electron chi connectivity index (χ2n) is 6.24. The highest BCUT2D eigenvalue weighted by Gasteiger charge is 2.05. The van der Waals surface area contributed by atoms with Gasteiger partial charge in [0.05, 0.1) is 18.5 Å². The van der Waals surface area contributed by atoms with Crippen LogP contribution >= 0.6 is 12.2 Å². The fraction of sp³-hybridized carbons (Fsp3) is 0.143. The molecule has 1 aromatic heterocycles. The zero-order chi connectivity index (χ0) is 19.2. The van der Waals surface area contributed by atoms with Gasteiger partial charge in [-0.2, -0.15) is 5.10 Å². The Morgan fingerprint density at radius 3 is 2.56 bits per heavy atom. The Kier molecular flexibility index (Phi) is 5.98. The van der Waals surface area contributed by atoms with Crippen molar-refractivity contribution in [1.29, 1.82) is 0 Å². The Morgan fingerprint density at radius 2 is 1.81 bits per heavy atom. The number of nitrogens with zero attached hydrogens (tertiary/aromatic N) is 2. The van der Waals surface area contributed by atoms with Crippen molar-refractivity contribution >= 4 is 29.2 Å². The predicted octanol–water partition coefficient (Wildman–Crippen LogP) is 4.61. The van der Waals surface area contributed by atoms with Gasteiger partial charge in [-0.3, -0.25) is 5.43 Å². The fourth-order valence-electron chi connectivity index (χ4n) is 2.81. The maximum absolute atomic E-state index is 13.9.